The van der Waals surface area contributed by atoms with Gasteiger partial charge in [-0.05, 0) is 26.7 Å². The van der Waals surface area contributed by atoms with Crippen molar-refractivity contribution in [2.75, 3.05) is 0 Å². The van der Waals surface area contributed by atoms with Crippen molar-refractivity contribution in [3.8, 4) is 0 Å². The average Bonchev–Trinajstić information content (AvgIpc) is 2.98. The molecule has 125 valence electrons. The Morgan fingerprint density at radius 2 is 1.48 bits per heavy atom. The van der Waals surface area contributed by atoms with E-state index in [1.54, 1.807) is 13.8 Å². The second-order valence-electron chi connectivity index (χ2n) is 5.79. The monoisotopic (exact) mass is 377 g/mol. The Hall–Kier alpha value is -0.0597. The van der Waals surface area contributed by atoms with Crippen molar-refractivity contribution in [1.29, 1.82) is 0 Å². The summed E-state index contributed by atoms with van der Waals surface area (Å²) in [6.45, 7) is 13.7. The summed E-state index contributed by atoms with van der Waals surface area (Å²) in [6.07, 6.45) is 11.5. The predicted octanol–water partition coefficient (Wildman–Crippen LogP) is 4.38. The van der Waals surface area contributed by atoms with Crippen LogP contribution >= 0.6 is 0 Å². The minimum Gasteiger partial charge on any atom is -0.393 e. The van der Waals surface area contributed by atoms with E-state index in [9.17, 15) is 0 Å². The van der Waals surface area contributed by atoms with E-state index in [1.807, 2.05) is 26.0 Å². The SMILES string of the molecule is CC(C)(C)[N]=[Nb].CCC(C)O.CCC(C)O.[C-]1=CC=CC1. The second-order valence-corrected chi connectivity index (χ2v) is 6.28. The van der Waals surface area contributed by atoms with Crippen LogP contribution in [0.15, 0.2) is 21.6 Å². The van der Waals surface area contributed by atoms with Crippen molar-refractivity contribution in [2.45, 2.75) is 85.5 Å². The molecule has 3 nitrogen and oxygen atoms in total. The summed E-state index contributed by atoms with van der Waals surface area (Å²) < 4.78 is 4.07. The molecule has 2 unspecified atom stereocenters. The van der Waals surface area contributed by atoms with Crippen molar-refractivity contribution in [3.05, 3.63) is 24.3 Å². The van der Waals surface area contributed by atoms with E-state index in [1.165, 1.54) is 20.9 Å². The Morgan fingerprint density at radius 3 is 1.52 bits per heavy atom. The Bertz CT molecular complexity index is 248. The zero-order valence-corrected chi connectivity index (χ0v) is 17.0. The van der Waals surface area contributed by atoms with Gasteiger partial charge in [0.25, 0.3) is 0 Å². The van der Waals surface area contributed by atoms with Gasteiger partial charge in [-0.2, -0.15) is 6.08 Å². The van der Waals surface area contributed by atoms with Crippen LogP contribution in [-0.4, -0.2) is 28.0 Å². The molecular formula is C17H34NNbO2-. The van der Waals surface area contributed by atoms with Gasteiger partial charge in [0.1, 0.15) is 0 Å². The molecule has 2 N–H and O–H groups in total. The molecule has 0 aromatic carbocycles. The molecule has 0 amide bonds. The summed E-state index contributed by atoms with van der Waals surface area (Å²) in [5.74, 6) is 0. The normalized spacial score (nSPS) is 14.5. The zero-order valence-electron chi connectivity index (χ0n) is 14.8. The predicted molar refractivity (Wildman–Crippen MR) is 87.7 cm³/mol. The van der Waals surface area contributed by atoms with Gasteiger partial charge in [0.15, 0.2) is 0 Å². The first-order valence-corrected chi connectivity index (χ1v) is 8.53. The summed E-state index contributed by atoms with van der Waals surface area (Å²) in [4.78, 5) is 0. The van der Waals surface area contributed by atoms with Crippen molar-refractivity contribution >= 4 is 0 Å². The standard InChI is InChI=1S/C5H5.C4H9N.2C4H10O.Nb/c1-2-4-5-3-1;1-4(2,3)5;2*1-3-4(2)5;/h1-3H,4H2;1-3H3;2*4-5H,3H2,1-2H3;/q-1;;;;. The van der Waals surface area contributed by atoms with Crippen LogP contribution in [0.3, 0.4) is 0 Å². The number of nitrogens with zero attached hydrogens (tertiary/aromatic N) is 1. The average molecular weight is 377 g/mol. The maximum Gasteiger partial charge on any atom is 0.0509 e. The Balaban J connectivity index is -0.000000206. The molecule has 0 aliphatic heterocycles. The van der Waals surface area contributed by atoms with E-state index in [4.69, 9.17) is 10.2 Å². The van der Waals surface area contributed by atoms with Gasteiger partial charge in [0.05, 0.1) is 12.2 Å². The molecule has 0 spiro atoms. The molecule has 1 rings (SSSR count). The van der Waals surface area contributed by atoms with Crippen LogP contribution in [0.2, 0.25) is 0 Å². The Labute approximate surface area is 144 Å². The molecule has 1 aliphatic rings. The zero-order chi connectivity index (χ0) is 17.3. The van der Waals surface area contributed by atoms with Crippen LogP contribution in [0.25, 0.3) is 0 Å². The van der Waals surface area contributed by atoms with Crippen LogP contribution in [0, 0.1) is 6.08 Å². The number of hydrogen-bond donors (Lipinski definition) is 2. The molecule has 1 aliphatic carbocycles. The topological polar surface area (TPSA) is 52.8 Å². The van der Waals surface area contributed by atoms with E-state index < -0.39 is 0 Å². The molecule has 0 aromatic rings. The molecule has 21 heavy (non-hydrogen) atoms. The van der Waals surface area contributed by atoms with Crippen molar-refractivity contribution in [1.82, 2.24) is 0 Å². The van der Waals surface area contributed by atoms with Gasteiger partial charge in [-0.3, -0.25) is 6.08 Å². The molecule has 4 heteroatoms. The first-order valence-electron chi connectivity index (χ1n) is 7.54. The molecular weight excluding hydrogens is 343 g/mol. The molecule has 2 atom stereocenters. The van der Waals surface area contributed by atoms with Crippen LogP contribution in [0.5, 0.6) is 0 Å². The van der Waals surface area contributed by atoms with E-state index in [0.29, 0.717) is 0 Å². The first kappa shape index (κ1) is 25.9. The number of hydrogen-bond acceptors (Lipinski definition) is 3. The molecule has 0 fully saturated rings. The van der Waals surface area contributed by atoms with Gasteiger partial charge in [-0.15, -0.1) is 6.42 Å². The van der Waals surface area contributed by atoms with Crippen LogP contribution in [-0.2, 0) is 20.9 Å². The molecule has 0 aromatic heterocycles. The smallest absolute Gasteiger partial charge is 0.0509 e. The third kappa shape index (κ3) is 45.0. The second kappa shape index (κ2) is 18.0. The van der Waals surface area contributed by atoms with Crippen LogP contribution in [0.4, 0.5) is 0 Å². The molecule has 0 saturated carbocycles. The fraction of sp³-hybridized carbons (Fsp3) is 0.765. The van der Waals surface area contributed by atoms with E-state index in [2.05, 4.69) is 36.3 Å². The fourth-order valence-electron chi connectivity index (χ4n) is 0.340. The largest absolute Gasteiger partial charge is 0.393 e. The van der Waals surface area contributed by atoms with Gasteiger partial charge in [-0.25, -0.2) is 12.2 Å². The number of allylic oxidation sites excluding steroid dienone is 4. The van der Waals surface area contributed by atoms with Crippen molar-refractivity contribution in [3.63, 3.8) is 0 Å². The van der Waals surface area contributed by atoms with E-state index >= 15 is 0 Å². The summed E-state index contributed by atoms with van der Waals surface area (Å²) in [7, 11) is 0. The maximum absolute atomic E-state index is 8.36. The van der Waals surface area contributed by atoms with Gasteiger partial charge in [0.2, 0.25) is 0 Å². The summed E-state index contributed by atoms with van der Waals surface area (Å²) in [5.41, 5.74) is 0.189. The van der Waals surface area contributed by atoms with E-state index in [0.717, 1.165) is 19.3 Å². The minimum atomic E-state index is -0.116. The van der Waals surface area contributed by atoms with Crippen molar-refractivity contribution < 1.29 is 31.1 Å². The van der Waals surface area contributed by atoms with Crippen LogP contribution < -0.4 is 0 Å². The summed E-state index contributed by atoms with van der Waals surface area (Å²) in [5, 5.41) is 16.7. The van der Waals surface area contributed by atoms with Gasteiger partial charge < -0.3 is 10.2 Å². The van der Waals surface area contributed by atoms with Crippen LogP contribution in [0.1, 0.15) is 67.7 Å². The Morgan fingerprint density at radius 1 is 1.14 bits per heavy atom. The summed E-state index contributed by atoms with van der Waals surface area (Å²) >= 11 is 1.52. The van der Waals surface area contributed by atoms with Crippen molar-refractivity contribution in [2.24, 2.45) is 3.34 Å². The fourth-order valence-corrected chi connectivity index (χ4v) is 0.340. The van der Waals surface area contributed by atoms with Gasteiger partial charge >= 0.3 is 50.5 Å². The van der Waals surface area contributed by atoms with Gasteiger partial charge in [0, 0.05) is 0 Å². The molecule has 0 saturated heterocycles. The summed E-state index contributed by atoms with van der Waals surface area (Å²) in [6, 6.07) is 0. The molecule has 0 radical (unpaired) electrons. The number of rotatable bonds is 2. The van der Waals surface area contributed by atoms with Gasteiger partial charge in [-0.1, -0.05) is 13.8 Å². The molecule has 0 bridgehead atoms. The number of aliphatic hydroxyl groups is 2. The molecule has 0 heterocycles. The minimum absolute atomic E-state index is 0.116. The Kier molecular flexibility index (Phi) is 22.2. The quantitative estimate of drug-likeness (QED) is 0.554. The number of aliphatic hydroxyl groups excluding tert-OH is 2. The maximum atomic E-state index is 8.36. The third-order valence-electron chi connectivity index (χ3n) is 2.07. The first-order chi connectivity index (χ1) is 9.60. The van der Waals surface area contributed by atoms with E-state index in [-0.39, 0.29) is 17.7 Å². The third-order valence-corrected chi connectivity index (χ3v) is 3.54.